The van der Waals surface area contributed by atoms with Gasteiger partial charge in [0.05, 0.1) is 16.7 Å². The number of nitrogens with two attached hydrogens (primary N) is 1. The fourth-order valence-corrected chi connectivity index (χ4v) is 11.8. The molecule has 0 aliphatic carbocycles. The molecule has 0 spiro atoms. The Morgan fingerprint density at radius 1 is 0.589 bits per heavy atom. The molecule has 14 rings (SSSR count). The van der Waals surface area contributed by atoms with Crippen molar-refractivity contribution in [3.05, 3.63) is 164 Å². The lowest BCUT2D eigenvalue weighted by molar-refractivity contribution is -0.277. The molecule has 31 heteroatoms. The van der Waals surface area contributed by atoms with E-state index in [-0.39, 0.29) is 67.3 Å². The highest BCUT2D eigenvalue weighted by Gasteiger charge is 2.46. The molecule has 1 fully saturated rings. The van der Waals surface area contributed by atoms with Gasteiger partial charge in [-0.2, -0.15) is 0 Å². The first-order valence-electron chi connectivity index (χ1n) is 28.7. The first-order valence-corrected chi connectivity index (χ1v) is 29.5. The van der Waals surface area contributed by atoms with Crippen LogP contribution in [0.3, 0.4) is 0 Å². The minimum atomic E-state index is -2.27. The van der Waals surface area contributed by atoms with Gasteiger partial charge in [-0.25, -0.2) is 9.79 Å². The van der Waals surface area contributed by atoms with Gasteiger partial charge in [-0.05, 0) is 112 Å². The number of aliphatic imine (C=N–C) groups is 1. The fraction of sp³-hybridized carbons (Fsp3) is 0.219. The maximum atomic E-state index is 15.9. The zero-order valence-corrected chi connectivity index (χ0v) is 50.1. The molecule has 1 saturated heterocycles. The van der Waals surface area contributed by atoms with E-state index in [1.807, 2.05) is 0 Å². The number of ether oxygens (including phenoxy) is 5. The van der Waals surface area contributed by atoms with Gasteiger partial charge in [-0.1, -0.05) is 47.5 Å². The molecule has 4 unspecified atom stereocenters. The zero-order valence-electron chi connectivity index (χ0n) is 48.6. The number of hydrogen-bond acceptors (Lipinski definition) is 22. The summed E-state index contributed by atoms with van der Waals surface area (Å²) in [6.45, 7) is -0.935. The van der Waals surface area contributed by atoms with Crippen LogP contribution >= 0.6 is 23.2 Å². The van der Waals surface area contributed by atoms with E-state index < -0.39 is 190 Å². The number of carboxylic acid groups (broad SMARTS) is 1. The van der Waals surface area contributed by atoms with Crippen LogP contribution in [0.4, 0.5) is 0 Å². The van der Waals surface area contributed by atoms with Gasteiger partial charge in [-0.3, -0.25) is 28.8 Å². The van der Waals surface area contributed by atoms with Crippen molar-refractivity contribution in [1.29, 1.82) is 0 Å². The second-order valence-corrected chi connectivity index (χ2v) is 23.4. The number of rotatable bonds is 4. The molecule has 7 aromatic rings. The quantitative estimate of drug-likeness (QED) is 0.120. The molecule has 490 valence electrons. The highest BCUT2D eigenvalue weighted by atomic mass is 35.5. The molecule has 7 heterocycles. The number of phenolic OH excluding ortho intramolecular Hbond substituents is 5. The molecular formula is C64H53Cl2N7O22. The van der Waals surface area contributed by atoms with Crippen molar-refractivity contribution in [2.24, 2.45) is 10.7 Å². The van der Waals surface area contributed by atoms with Crippen molar-refractivity contribution < 1.29 is 108 Å². The van der Waals surface area contributed by atoms with E-state index in [4.69, 9.17) is 52.6 Å². The Hall–Kier alpha value is -10.8. The highest BCUT2D eigenvalue weighted by Crippen LogP contribution is 2.49. The van der Waals surface area contributed by atoms with E-state index in [0.29, 0.717) is 5.56 Å². The average Bonchev–Trinajstić information content (AvgIpc) is 0.768. The van der Waals surface area contributed by atoms with Crippen LogP contribution in [-0.2, 0) is 51.1 Å². The van der Waals surface area contributed by atoms with Gasteiger partial charge in [0.1, 0.15) is 101 Å². The number of aromatic hydroxyl groups is 5. The van der Waals surface area contributed by atoms with Gasteiger partial charge in [0.15, 0.2) is 29.0 Å². The number of fused-ring (bicyclic) bond motifs is 14. The van der Waals surface area contributed by atoms with E-state index in [0.717, 1.165) is 54.6 Å². The monoisotopic (exact) mass is 1340 g/mol. The third-order valence-corrected chi connectivity index (χ3v) is 16.8. The number of halogens is 2. The van der Waals surface area contributed by atoms with Crippen molar-refractivity contribution in [3.8, 4) is 80.1 Å². The number of benzene rings is 7. The van der Waals surface area contributed by atoms with E-state index >= 15 is 14.4 Å². The Kier molecular flexibility index (Phi) is 17.4. The van der Waals surface area contributed by atoms with Crippen LogP contribution in [0.2, 0.25) is 10.0 Å². The summed E-state index contributed by atoms with van der Waals surface area (Å²) in [5, 5.41) is 123. The Morgan fingerprint density at radius 2 is 1.20 bits per heavy atom. The smallest absolute Gasteiger partial charge is 0.330 e. The number of hydrogen-bond donors (Lipinski definition) is 16. The number of phenols is 5. The lowest BCUT2D eigenvalue weighted by atomic mass is 9.90. The van der Waals surface area contributed by atoms with Crippen LogP contribution in [0, 0.1) is 0 Å². The van der Waals surface area contributed by atoms with Gasteiger partial charge in [0.25, 0.3) is 11.8 Å². The van der Waals surface area contributed by atoms with Crippen LogP contribution in [-0.4, -0.2) is 142 Å². The van der Waals surface area contributed by atoms with E-state index in [2.05, 4.69) is 31.6 Å². The lowest BCUT2D eigenvalue weighted by Crippen LogP contribution is -2.60. The van der Waals surface area contributed by atoms with Gasteiger partial charge in [0, 0.05) is 41.7 Å². The summed E-state index contributed by atoms with van der Waals surface area (Å²) in [7, 11) is 0. The molecule has 95 heavy (non-hydrogen) atoms. The maximum Gasteiger partial charge on any atom is 0.330 e. The molecule has 0 saturated carbocycles. The summed E-state index contributed by atoms with van der Waals surface area (Å²) in [6.07, 6.45) is -10.7. The molecule has 11 atom stereocenters. The van der Waals surface area contributed by atoms with Gasteiger partial charge in [0.2, 0.25) is 35.7 Å². The van der Waals surface area contributed by atoms with Crippen molar-refractivity contribution in [2.45, 2.75) is 79.8 Å². The molecule has 17 N–H and O–H groups in total. The first kappa shape index (κ1) is 64.3. The van der Waals surface area contributed by atoms with Crippen molar-refractivity contribution in [2.75, 3.05) is 6.61 Å². The number of amides is 6. The van der Waals surface area contributed by atoms with Crippen molar-refractivity contribution in [1.82, 2.24) is 26.6 Å². The van der Waals surface area contributed by atoms with Gasteiger partial charge >= 0.3 is 5.97 Å². The summed E-state index contributed by atoms with van der Waals surface area (Å²) in [5.74, 6) is -15.1. The SMILES string of the molecule is N[C@H]1C(=O)NC2Cc3ccc(c(Cl)c3)Oc3cc4cc(c3O)Oc3ccc(cc3Cl)CC3=NC(=O)C(NC(=O)C4NC(=O)C(NC2=O)c2cc(O)cc(c2)Oc2cc1ccc2O)c1ccc(O)c(c1)-c1c(O[C@H]2O[C@H](CO)[C@@H](O)[C@@H](O)[C@@H]2O)cc(O)cc1[C@@H](C(=O)O)NC3=O. The largest absolute Gasteiger partial charge is 0.508 e. The number of carbonyl (C=O) groups is 7. The number of nitrogens with zero attached hydrogens (tertiary/aromatic N) is 1. The Balaban J connectivity index is 1.07. The Morgan fingerprint density at radius 3 is 1.87 bits per heavy atom. The zero-order chi connectivity index (χ0) is 67.6. The number of aliphatic carboxylic acids is 1. The van der Waals surface area contributed by atoms with E-state index in [1.165, 1.54) is 60.7 Å². The Bertz CT molecular complexity index is 4420. The lowest BCUT2D eigenvalue weighted by Gasteiger charge is -2.40. The first-order chi connectivity index (χ1) is 45.3. The predicted octanol–water partition coefficient (Wildman–Crippen LogP) is 3.45. The van der Waals surface area contributed by atoms with Crippen LogP contribution in [0.5, 0.6) is 69.0 Å². The minimum Gasteiger partial charge on any atom is -0.508 e. The molecule has 7 aliphatic rings. The number of carboxylic acids is 1. The topological polar surface area (TPSA) is 466 Å². The maximum absolute atomic E-state index is 15.9. The molecule has 0 radical (unpaired) electrons. The van der Waals surface area contributed by atoms with Crippen LogP contribution in [0.25, 0.3) is 11.1 Å². The van der Waals surface area contributed by atoms with E-state index in [1.54, 1.807) is 0 Å². The van der Waals surface area contributed by atoms with Crippen molar-refractivity contribution >= 4 is 70.3 Å². The van der Waals surface area contributed by atoms with Gasteiger partial charge < -0.3 is 107 Å². The summed E-state index contributed by atoms with van der Waals surface area (Å²) in [4.78, 5) is 109. The third-order valence-electron chi connectivity index (χ3n) is 16.2. The number of carbonyl (C=O) groups excluding carboxylic acids is 6. The molecule has 29 nitrogen and oxygen atoms in total. The normalized spacial score (nSPS) is 24.3. The Labute approximate surface area is 544 Å². The molecule has 7 aromatic carbocycles. The molecule has 17 bridgehead atoms. The predicted molar refractivity (Wildman–Crippen MR) is 327 cm³/mol. The molecule has 6 amide bonds. The number of aliphatic hydroxyl groups is 4. The van der Waals surface area contributed by atoms with Crippen LogP contribution in [0.1, 0.15) is 69.2 Å². The second kappa shape index (κ2) is 25.6. The van der Waals surface area contributed by atoms with Gasteiger partial charge in [-0.15, -0.1) is 0 Å². The van der Waals surface area contributed by atoms with Crippen molar-refractivity contribution in [3.63, 3.8) is 0 Å². The van der Waals surface area contributed by atoms with Crippen LogP contribution < -0.4 is 51.3 Å². The molecular weight excluding hydrogens is 1290 g/mol. The number of nitrogens with one attached hydrogen (secondary N) is 5. The summed E-state index contributed by atoms with van der Waals surface area (Å²) >= 11 is 13.8. The summed E-state index contributed by atoms with van der Waals surface area (Å²) < 4.78 is 30.1. The third kappa shape index (κ3) is 12.8. The minimum absolute atomic E-state index is 0.104. The summed E-state index contributed by atoms with van der Waals surface area (Å²) in [5.41, 5.74) is 3.68. The highest BCUT2D eigenvalue weighted by molar-refractivity contribution is 6.41. The fourth-order valence-electron chi connectivity index (χ4n) is 11.4. The standard InChI is InChI=1S/C64H53Cl2N7O22/c65-34-9-23-1-7-40(34)92-44-17-28-18-45(53(44)79)93-41-8-2-24(10-35(41)66)12-37-58(84)73-52(63(89)90)33-20-30(76)21-43(94-64-56(82)55(81)54(80)46(22-74)95-64)47(33)32-15-26(4-5-38(32)77)49(60(86)69-37)71-62(88)51(28)72-61(87)50-27-13-29(75)19-31(14-27)91-42-16-25(3-6-39(42)78)48(67)59(85)68-36(11-23)57(83)70-50/h1-10,13-21,36,46,48-52,54-56,64,74-82H,11-12,22,67H2,(H,68,85)(H,70,83)(H,71,88)(H,72,87)(H,73,84)(H,89,90)/t36?,46-,48-,49?,50?,51?,52+,54-,55-,56+,64+/m1/s1. The average molecular weight is 1340 g/mol. The molecule has 7 aliphatic heterocycles. The second-order valence-electron chi connectivity index (χ2n) is 22.6. The van der Waals surface area contributed by atoms with Crippen LogP contribution in [0.15, 0.2) is 120 Å². The van der Waals surface area contributed by atoms with E-state index in [9.17, 15) is 70.2 Å². The summed E-state index contributed by atoms with van der Waals surface area (Å²) in [6, 6.07) is 10.3. The number of aliphatic hydroxyl groups excluding tert-OH is 4. The molecule has 0 aromatic heterocycles.